The lowest BCUT2D eigenvalue weighted by atomic mass is 10.0. The Labute approximate surface area is 81.0 Å². The minimum absolute atomic E-state index is 0.204. The Morgan fingerprint density at radius 2 is 1.43 bits per heavy atom. The molecule has 1 rings (SSSR count). The van der Waals surface area contributed by atoms with E-state index in [1.165, 1.54) is 18.2 Å². The summed E-state index contributed by atoms with van der Waals surface area (Å²) in [6.07, 6.45) is 0. The molecule has 0 amide bonds. The van der Waals surface area contributed by atoms with Gasteiger partial charge in [-0.25, -0.2) is 0 Å². The summed E-state index contributed by atoms with van der Waals surface area (Å²) in [6.45, 7) is 0. The van der Waals surface area contributed by atoms with Crippen LogP contribution in [0.25, 0.3) is 0 Å². The van der Waals surface area contributed by atoms with Gasteiger partial charge in [-0.3, -0.25) is 22.0 Å². The number of anilines is 2. The number of carbonyl (C=O) groups is 1. The predicted molar refractivity (Wildman–Crippen MR) is 54.9 cm³/mol. The van der Waals surface area contributed by atoms with Crippen molar-refractivity contribution in [1.82, 2.24) is 0 Å². The molecule has 0 fully saturated rings. The molecule has 0 aromatic heterocycles. The third-order valence-corrected chi connectivity index (χ3v) is 1.63. The van der Waals surface area contributed by atoms with Gasteiger partial charge in [0.25, 0.3) is 0 Å². The van der Waals surface area contributed by atoms with E-state index in [0.29, 0.717) is 11.4 Å². The smallest absolute Gasteiger partial charge is 0.212 e. The van der Waals surface area contributed by atoms with Crippen molar-refractivity contribution in [3.05, 3.63) is 23.8 Å². The third-order valence-electron chi connectivity index (χ3n) is 1.63. The van der Waals surface area contributed by atoms with Crippen LogP contribution in [0, 0.1) is 0 Å². The van der Waals surface area contributed by atoms with Crippen molar-refractivity contribution in [2.75, 3.05) is 11.5 Å². The van der Waals surface area contributed by atoms with E-state index in [4.69, 9.17) is 28.7 Å². The van der Waals surface area contributed by atoms with Crippen LogP contribution in [0.5, 0.6) is 0 Å². The molecule has 1 aromatic carbocycles. The highest BCUT2D eigenvalue weighted by Gasteiger charge is 2.25. The minimum Gasteiger partial charge on any atom is -0.399 e. The van der Waals surface area contributed by atoms with Crippen LogP contribution in [0.15, 0.2) is 18.2 Å². The highest BCUT2D eigenvalue weighted by atomic mass is 16.1. The molecule has 6 heteroatoms. The van der Waals surface area contributed by atoms with E-state index < -0.39 is 11.6 Å². The number of nitrogen functional groups attached to an aromatic ring is 2. The van der Waals surface area contributed by atoms with Crippen LogP contribution < -0.4 is 28.7 Å². The van der Waals surface area contributed by atoms with Gasteiger partial charge in [0.05, 0.1) is 0 Å². The van der Waals surface area contributed by atoms with E-state index in [0.717, 1.165) is 0 Å². The molecule has 76 valence electrons. The molecule has 1 aromatic rings. The van der Waals surface area contributed by atoms with Crippen molar-refractivity contribution in [3.8, 4) is 0 Å². The largest absolute Gasteiger partial charge is 0.399 e. The SMILES string of the molecule is Nc1cc(N)cc(C(=O)C(N)(N)N)c1. The number of hydrogen-bond acceptors (Lipinski definition) is 6. The molecule has 0 radical (unpaired) electrons. The van der Waals surface area contributed by atoms with Crippen LogP contribution in [0.4, 0.5) is 11.4 Å². The van der Waals surface area contributed by atoms with Gasteiger partial charge >= 0.3 is 0 Å². The summed E-state index contributed by atoms with van der Waals surface area (Å²) in [5, 5.41) is 0. The first-order valence-electron chi connectivity index (χ1n) is 3.88. The summed E-state index contributed by atoms with van der Waals surface area (Å²) in [6, 6.07) is 4.35. The zero-order chi connectivity index (χ0) is 10.9. The van der Waals surface area contributed by atoms with Crippen LogP contribution in [0.2, 0.25) is 0 Å². The lowest BCUT2D eigenvalue weighted by Crippen LogP contribution is -2.64. The predicted octanol–water partition coefficient (Wildman–Crippen LogP) is -1.44. The summed E-state index contributed by atoms with van der Waals surface area (Å²) in [4.78, 5) is 11.5. The lowest BCUT2D eigenvalue weighted by molar-refractivity contribution is 0.0896. The zero-order valence-corrected chi connectivity index (χ0v) is 7.53. The van der Waals surface area contributed by atoms with Crippen LogP contribution in [0.3, 0.4) is 0 Å². The van der Waals surface area contributed by atoms with Crippen LogP contribution in [-0.4, -0.2) is 11.6 Å². The highest BCUT2D eigenvalue weighted by Crippen LogP contribution is 2.15. The highest BCUT2D eigenvalue weighted by molar-refractivity contribution is 6.03. The normalized spacial score (nSPS) is 11.4. The number of ketones is 1. The summed E-state index contributed by atoms with van der Waals surface area (Å²) >= 11 is 0. The molecule has 0 unspecified atom stereocenters. The molecule has 14 heavy (non-hydrogen) atoms. The summed E-state index contributed by atoms with van der Waals surface area (Å²) in [7, 11) is 0. The lowest BCUT2D eigenvalue weighted by Gasteiger charge is -2.17. The van der Waals surface area contributed by atoms with Gasteiger partial charge in [-0.1, -0.05) is 0 Å². The zero-order valence-electron chi connectivity index (χ0n) is 7.53. The molecular weight excluding hydrogens is 182 g/mol. The van der Waals surface area contributed by atoms with Crippen molar-refractivity contribution < 1.29 is 4.79 Å². The fraction of sp³-hybridized carbons (Fsp3) is 0.125. The average Bonchev–Trinajstić information content (AvgIpc) is 1.99. The fourth-order valence-corrected chi connectivity index (χ4v) is 1.06. The molecule has 0 aliphatic carbocycles. The monoisotopic (exact) mass is 195 g/mol. The number of carbonyl (C=O) groups excluding carboxylic acids is 1. The van der Waals surface area contributed by atoms with Gasteiger partial charge in [-0.2, -0.15) is 0 Å². The molecule has 0 bridgehead atoms. The second-order valence-electron chi connectivity index (χ2n) is 3.15. The number of nitrogens with two attached hydrogens (primary N) is 5. The van der Waals surface area contributed by atoms with Gasteiger partial charge in [0.1, 0.15) is 0 Å². The van der Waals surface area contributed by atoms with Gasteiger partial charge in [-0.15, -0.1) is 0 Å². The second-order valence-corrected chi connectivity index (χ2v) is 3.15. The molecule has 6 nitrogen and oxygen atoms in total. The number of benzene rings is 1. The van der Waals surface area contributed by atoms with Crippen molar-refractivity contribution >= 4 is 17.2 Å². The standard InChI is InChI=1S/C8H13N5O/c9-5-1-4(2-6(10)3-5)7(14)8(11,12)13/h1-3H,9-13H2. The quantitative estimate of drug-likeness (QED) is 0.222. The Morgan fingerprint density at radius 1 is 1.00 bits per heavy atom. The molecule has 10 N–H and O–H groups in total. The molecule has 0 saturated carbocycles. The van der Waals surface area contributed by atoms with E-state index in [-0.39, 0.29) is 5.56 Å². The number of rotatable bonds is 2. The van der Waals surface area contributed by atoms with Crippen molar-refractivity contribution in [2.24, 2.45) is 17.2 Å². The second kappa shape index (κ2) is 3.26. The molecule has 0 aliphatic heterocycles. The Kier molecular flexibility index (Phi) is 2.43. The van der Waals surface area contributed by atoms with Gasteiger partial charge in [-0.05, 0) is 18.2 Å². The molecule has 0 aliphatic rings. The maximum Gasteiger partial charge on any atom is 0.212 e. The maximum absolute atomic E-state index is 11.5. The first-order chi connectivity index (χ1) is 6.30. The molecule has 0 spiro atoms. The fourth-order valence-electron chi connectivity index (χ4n) is 1.06. The Balaban J connectivity index is 3.14. The third kappa shape index (κ3) is 2.19. The van der Waals surface area contributed by atoms with Gasteiger partial charge in [0.15, 0.2) is 5.79 Å². The molecule has 0 heterocycles. The first kappa shape index (κ1) is 10.5. The van der Waals surface area contributed by atoms with Crippen molar-refractivity contribution in [3.63, 3.8) is 0 Å². The van der Waals surface area contributed by atoms with E-state index in [9.17, 15) is 4.79 Å². The Morgan fingerprint density at radius 3 is 1.79 bits per heavy atom. The molecular formula is C8H13N5O. The van der Waals surface area contributed by atoms with E-state index >= 15 is 0 Å². The van der Waals surface area contributed by atoms with E-state index in [1.807, 2.05) is 0 Å². The average molecular weight is 195 g/mol. The Hall–Kier alpha value is -1.63. The summed E-state index contributed by atoms with van der Waals surface area (Å²) in [5.41, 5.74) is 27.6. The molecule has 0 atom stereocenters. The topological polar surface area (TPSA) is 147 Å². The van der Waals surface area contributed by atoms with Crippen LogP contribution in [0.1, 0.15) is 10.4 Å². The van der Waals surface area contributed by atoms with Gasteiger partial charge < -0.3 is 11.5 Å². The number of Topliss-reactive ketones (excluding diaryl/α,β-unsaturated/α-hetero) is 1. The number of hydrogen-bond donors (Lipinski definition) is 5. The van der Waals surface area contributed by atoms with E-state index in [1.54, 1.807) is 0 Å². The summed E-state index contributed by atoms with van der Waals surface area (Å²) < 4.78 is 0. The van der Waals surface area contributed by atoms with Gasteiger partial charge in [0.2, 0.25) is 5.78 Å². The first-order valence-corrected chi connectivity index (χ1v) is 3.88. The van der Waals surface area contributed by atoms with Crippen molar-refractivity contribution in [1.29, 1.82) is 0 Å². The summed E-state index contributed by atoms with van der Waals surface area (Å²) in [5.74, 6) is -2.52. The van der Waals surface area contributed by atoms with Crippen molar-refractivity contribution in [2.45, 2.75) is 5.79 Å². The van der Waals surface area contributed by atoms with Crippen LogP contribution in [-0.2, 0) is 0 Å². The maximum atomic E-state index is 11.5. The van der Waals surface area contributed by atoms with E-state index in [2.05, 4.69) is 0 Å². The Bertz CT molecular complexity index is 348. The van der Waals surface area contributed by atoms with Crippen LogP contribution >= 0.6 is 0 Å². The van der Waals surface area contributed by atoms with Gasteiger partial charge in [0, 0.05) is 16.9 Å². The molecule has 0 saturated heterocycles. The minimum atomic E-state index is -1.90.